The molecule has 2 heteroatoms. The maximum absolute atomic E-state index is 2.78. The molecule has 14 fully saturated rings. The minimum atomic E-state index is -0.173. The average molecular weight is 1670 g/mol. The summed E-state index contributed by atoms with van der Waals surface area (Å²) in [4.78, 5) is 5.55. The van der Waals surface area contributed by atoms with Gasteiger partial charge in [0.1, 0.15) is 0 Å². The second-order valence-corrected chi connectivity index (χ2v) is 48.9. The standard InChI is InChI=1S/C125H140N2/c1-119(2,3)105-64-106(120(4,5)6)67-111(66-105)126(109-59-98(93-29-27-79(28-30-93)25-26-82-46-80-19-18-20-81(45-80)47-82)57-99(60-109)94-31-38-102(39-32-94)123-70-83-48-84(71-123)50-85(49-83)72-123)117-113-23-16-17-24-114(113)118(116-63-97(37-44-115(116)117)92-21-14-13-15-22-92)127(112-68-107(121(7,8)9)65-108(69-112)122(10,11)12)110-61-100(95-33-40-103(41-34-95)124-73-86-51-87(74-124)53-88(52-86)75-124)58-101(62-110)96-35-42-104(43-36-96)125-76-89-54-90(77-125)56-91(55-89)78-125/h13-17,21-24,27-44,57-69,80-91H,18-20,25-26,45-56,70-78H2,1-12H3. The van der Waals surface area contributed by atoms with Crippen molar-refractivity contribution in [3.63, 3.8) is 0 Å². The molecule has 0 aromatic heterocycles. The Morgan fingerprint density at radius 2 is 0.528 bits per heavy atom. The Kier molecular flexibility index (Phi) is 20.0. The van der Waals surface area contributed by atoms with Crippen LogP contribution in [0.4, 0.5) is 34.1 Å². The van der Waals surface area contributed by atoms with E-state index in [-0.39, 0.29) is 21.7 Å². The van der Waals surface area contributed by atoms with Crippen LogP contribution in [-0.2, 0) is 44.3 Å². The molecule has 14 aliphatic carbocycles. The highest BCUT2D eigenvalue weighted by Crippen LogP contribution is 2.65. The van der Waals surface area contributed by atoms with Crippen molar-refractivity contribution in [2.24, 2.45) is 71.0 Å². The van der Waals surface area contributed by atoms with Crippen LogP contribution in [0.5, 0.6) is 0 Å². The molecular formula is C125H140N2. The number of anilines is 6. The van der Waals surface area contributed by atoms with E-state index in [2.05, 4.69) is 336 Å². The van der Waals surface area contributed by atoms with Crippen LogP contribution >= 0.6 is 0 Å². The largest absolute Gasteiger partial charge is 0.309 e. The first-order valence-corrected chi connectivity index (χ1v) is 50.8. The summed E-state index contributed by atoms with van der Waals surface area (Å²) in [5.74, 6) is 10.7. The van der Waals surface area contributed by atoms with Crippen LogP contribution in [-0.4, -0.2) is 0 Å². The molecule has 0 radical (unpaired) electrons. The van der Waals surface area contributed by atoms with Crippen LogP contribution in [0.25, 0.3) is 77.2 Å². The van der Waals surface area contributed by atoms with Crippen molar-refractivity contribution >= 4 is 55.7 Å². The molecule has 12 aromatic carbocycles. The van der Waals surface area contributed by atoms with Gasteiger partial charge in [-0.2, -0.15) is 0 Å². The number of fused-ring (bicyclic) bond motifs is 4. The van der Waals surface area contributed by atoms with Gasteiger partial charge in [0, 0.05) is 44.3 Å². The molecule has 12 aromatic rings. The van der Waals surface area contributed by atoms with Gasteiger partial charge in [-0.3, -0.25) is 0 Å². The van der Waals surface area contributed by atoms with Gasteiger partial charge in [-0.05, 0) is 423 Å². The Hall–Kier alpha value is -9.24. The fourth-order valence-electron chi connectivity index (χ4n) is 30.4. The highest BCUT2D eigenvalue weighted by Gasteiger charge is 2.55. The number of nitrogens with zero attached hydrogens (tertiary/aromatic N) is 2. The summed E-state index contributed by atoms with van der Waals surface area (Å²) in [6.45, 7) is 29.1. The molecule has 2 unspecified atom stereocenters. The maximum Gasteiger partial charge on any atom is 0.0620 e. The quantitative estimate of drug-likeness (QED) is 0.0662. The maximum atomic E-state index is 2.78. The normalized spacial score (nSPS) is 28.0. The van der Waals surface area contributed by atoms with Gasteiger partial charge in [0.15, 0.2) is 0 Å². The molecule has 2 nitrogen and oxygen atoms in total. The summed E-state index contributed by atoms with van der Waals surface area (Å²) < 4.78 is 0. The van der Waals surface area contributed by atoms with Crippen molar-refractivity contribution < 1.29 is 0 Å². The smallest absolute Gasteiger partial charge is 0.0620 e. The minimum absolute atomic E-state index is 0.169. The molecule has 14 saturated carbocycles. The number of rotatable bonds is 17. The van der Waals surface area contributed by atoms with E-state index in [0.717, 1.165) is 88.8 Å². The lowest BCUT2D eigenvalue weighted by Gasteiger charge is -2.57. The summed E-state index contributed by atoms with van der Waals surface area (Å²) in [5, 5.41) is 4.82. The molecule has 2 atom stereocenters. The molecule has 0 aliphatic heterocycles. The van der Waals surface area contributed by atoms with Crippen LogP contribution in [0.2, 0.25) is 0 Å². The molecule has 0 N–H and O–H groups in total. The van der Waals surface area contributed by atoms with Crippen molar-refractivity contribution in [2.45, 2.75) is 288 Å². The van der Waals surface area contributed by atoms with Crippen molar-refractivity contribution in [3.05, 3.63) is 287 Å². The zero-order chi connectivity index (χ0) is 86.4. The molecule has 0 spiro atoms. The van der Waals surface area contributed by atoms with Gasteiger partial charge in [0.05, 0.1) is 11.4 Å². The second-order valence-electron chi connectivity index (χ2n) is 48.9. The van der Waals surface area contributed by atoms with Gasteiger partial charge in [-0.1, -0.05) is 278 Å². The summed E-state index contributed by atoms with van der Waals surface area (Å²) in [6.07, 6.45) is 36.5. The number of hydrogen-bond donors (Lipinski definition) is 0. The van der Waals surface area contributed by atoms with Crippen LogP contribution in [0.3, 0.4) is 0 Å². The Balaban J connectivity index is 0.768. The number of hydrogen-bond acceptors (Lipinski definition) is 2. The molecule has 26 rings (SSSR count). The Bertz CT molecular complexity index is 5890. The predicted molar refractivity (Wildman–Crippen MR) is 539 cm³/mol. The van der Waals surface area contributed by atoms with Gasteiger partial charge in [-0.15, -0.1) is 0 Å². The van der Waals surface area contributed by atoms with Gasteiger partial charge < -0.3 is 9.80 Å². The third-order valence-electron chi connectivity index (χ3n) is 35.6. The highest BCUT2D eigenvalue weighted by molar-refractivity contribution is 6.24. The van der Waals surface area contributed by atoms with Crippen molar-refractivity contribution in [2.75, 3.05) is 9.80 Å². The van der Waals surface area contributed by atoms with Crippen molar-refractivity contribution in [3.8, 4) is 55.6 Å². The fraction of sp³-hybridized carbons (Fsp3) is 0.456. The monoisotopic (exact) mass is 1670 g/mol. The number of aryl methyl sites for hydroxylation is 1. The predicted octanol–water partition coefficient (Wildman–Crippen LogP) is 35.0. The van der Waals surface area contributed by atoms with Gasteiger partial charge in [0.25, 0.3) is 0 Å². The summed E-state index contributed by atoms with van der Waals surface area (Å²) >= 11 is 0. The first kappa shape index (κ1) is 82.2. The first-order chi connectivity index (χ1) is 61.1. The topological polar surface area (TPSA) is 6.48 Å². The third-order valence-corrected chi connectivity index (χ3v) is 35.6. The molecule has 14 aliphatic rings. The zero-order valence-corrected chi connectivity index (χ0v) is 78.8. The summed E-state index contributed by atoms with van der Waals surface area (Å²) in [6, 6.07) is 100. The minimum Gasteiger partial charge on any atom is -0.309 e. The van der Waals surface area contributed by atoms with Crippen LogP contribution < -0.4 is 9.80 Å². The van der Waals surface area contributed by atoms with E-state index in [1.807, 2.05) is 0 Å². The molecular weight excluding hydrogens is 1530 g/mol. The Labute approximate surface area is 762 Å². The molecule has 14 bridgehead atoms. The van der Waals surface area contributed by atoms with Gasteiger partial charge in [0.2, 0.25) is 0 Å². The van der Waals surface area contributed by atoms with Crippen molar-refractivity contribution in [1.82, 2.24) is 0 Å². The molecule has 0 amide bonds. The van der Waals surface area contributed by atoms with Gasteiger partial charge >= 0.3 is 0 Å². The lowest BCUT2D eigenvalue weighted by atomic mass is 9.48. The van der Waals surface area contributed by atoms with Crippen LogP contribution in [0.1, 0.15) is 288 Å². The van der Waals surface area contributed by atoms with E-state index in [1.54, 1.807) is 16.7 Å². The lowest BCUT2D eigenvalue weighted by Crippen LogP contribution is -2.48. The summed E-state index contributed by atoms with van der Waals surface area (Å²) in [5.41, 5.74) is 31.4. The first-order valence-electron chi connectivity index (χ1n) is 50.8. The van der Waals surface area contributed by atoms with E-state index in [4.69, 9.17) is 0 Å². The highest BCUT2D eigenvalue weighted by atomic mass is 15.2. The van der Waals surface area contributed by atoms with E-state index in [0.29, 0.717) is 16.2 Å². The molecule has 650 valence electrons. The van der Waals surface area contributed by atoms with Gasteiger partial charge in [-0.25, -0.2) is 0 Å². The van der Waals surface area contributed by atoms with E-state index < -0.39 is 0 Å². The van der Waals surface area contributed by atoms with Crippen LogP contribution in [0, 0.1) is 71.0 Å². The third kappa shape index (κ3) is 15.3. The second kappa shape index (κ2) is 31.0. The lowest BCUT2D eigenvalue weighted by molar-refractivity contribution is -0.00530. The van der Waals surface area contributed by atoms with E-state index in [9.17, 15) is 0 Å². The Morgan fingerprint density at radius 3 is 0.866 bits per heavy atom. The average Bonchev–Trinajstić information content (AvgIpc) is 0.714. The van der Waals surface area contributed by atoms with E-state index in [1.165, 1.54) is 288 Å². The van der Waals surface area contributed by atoms with E-state index >= 15 is 0 Å². The zero-order valence-electron chi connectivity index (χ0n) is 78.8. The number of benzene rings is 12. The van der Waals surface area contributed by atoms with Crippen molar-refractivity contribution in [1.29, 1.82) is 0 Å². The summed E-state index contributed by atoms with van der Waals surface area (Å²) in [7, 11) is 0. The van der Waals surface area contributed by atoms with Crippen LogP contribution in [0.15, 0.2) is 243 Å². The fourth-order valence-corrected chi connectivity index (χ4v) is 30.4. The SMILES string of the molecule is CC(C)(C)c1cc(N(c2cc(-c3ccc(CCC4CC5CCCC(C5)C4)cc3)cc(-c3ccc(C45CC6CC(CC(C6)C4)C5)cc3)c2)c2c3ccccc3c(N(c3cc(-c4ccc(C56CC7CC(CC(C7)C5)C6)cc4)cc(-c4ccc(C56CC7CC(CC(C7)C5)C6)cc4)c3)c3cc(C(C)(C)C)cc(C(C)(C)C)c3)c3cc(-c4ccccc4)ccc23)cc(C(C)(C)C)c1. The Morgan fingerprint density at radius 1 is 0.244 bits per heavy atom. The molecule has 0 heterocycles. The molecule has 0 saturated heterocycles. The molecule has 127 heavy (non-hydrogen) atoms.